The van der Waals surface area contributed by atoms with Gasteiger partial charge in [0.25, 0.3) is 0 Å². The Hall–Kier alpha value is -2.22. The first kappa shape index (κ1) is 28.8. The van der Waals surface area contributed by atoms with Crippen molar-refractivity contribution in [2.24, 2.45) is 11.3 Å². The number of carbonyl (C=O) groups is 4. The molecule has 0 fully saturated rings. The molecule has 0 aromatic heterocycles. The Balaban J connectivity index is 6.16. The largest absolute Gasteiger partial charge is 0.481 e. The van der Waals surface area contributed by atoms with Gasteiger partial charge in [0.2, 0.25) is 0 Å². The molecule has 0 aromatic carbocycles. The fourth-order valence-corrected chi connectivity index (χ4v) is 3.95. The third-order valence-electron chi connectivity index (χ3n) is 5.80. The van der Waals surface area contributed by atoms with Crippen LogP contribution >= 0.6 is 0 Å². The summed E-state index contributed by atoms with van der Waals surface area (Å²) in [4.78, 5) is 48.4. The molecule has 0 saturated carbocycles. The van der Waals surface area contributed by atoms with Crippen LogP contribution in [0.3, 0.4) is 0 Å². The summed E-state index contributed by atoms with van der Waals surface area (Å²) in [6, 6.07) is 0. The van der Waals surface area contributed by atoms with Crippen molar-refractivity contribution in [2.45, 2.75) is 85.0 Å². The highest BCUT2D eigenvalue weighted by molar-refractivity contribution is 6.04. The van der Waals surface area contributed by atoms with E-state index in [1.54, 1.807) is 0 Å². The molecule has 0 aromatic rings. The van der Waals surface area contributed by atoms with E-state index in [0.29, 0.717) is 45.1 Å². The molecule has 1 unspecified atom stereocenters. The first-order chi connectivity index (χ1) is 14.6. The van der Waals surface area contributed by atoms with Crippen LogP contribution < -0.4 is 0 Å². The minimum absolute atomic E-state index is 0.0397. The fraction of sp³-hybridized carbons (Fsp3) is 0.739. The first-order valence-corrected chi connectivity index (χ1v) is 11.0. The summed E-state index contributed by atoms with van der Waals surface area (Å²) in [6.45, 7) is 5.59. The Bertz CT molecular complexity index is 642. The van der Waals surface area contributed by atoms with Crippen molar-refractivity contribution in [1.29, 1.82) is 0 Å². The Labute approximate surface area is 184 Å². The molecule has 0 spiro atoms. The van der Waals surface area contributed by atoms with E-state index in [1.807, 2.05) is 13.8 Å². The highest BCUT2D eigenvalue weighted by Gasteiger charge is 2.46. The summed E-state index contributed by atoms with van der Waals surface area (Å²) in [5.74, 6) is -4.58. The van der Waals surface area contributed by atoms with E-state index in [1.165, 1.54) is 14.0 Å². The zero-order valence-corrected chi connectivity index (χ0v) is 19.2. The molecule has 0 aliphatic rings. The zero-order chi connectivity index (χ0) is 24.0. The van der Waals surface area contributed by atoms with Crippen molar-refractivity contribution in [3.8, 4) is 0 Å². The molecule has 8 heteroatoms. The van der Waals surface area contributed by atoms with Crippen LogP contribution in [-0.4, -0.2) is 52.7 Å². The fourth-order valence-electron chi connectivity index (χ4n) is 3.95. The van der Waals surface area contributed by atoms with Crippen molar-refractivity contribution >= 4 is 23.7 Å². The van der Waals surface area contributed by atoms with Crippen LogP contribution in [0.2, 0.25) is 0 Å². The zero-order valence-electron chi connectivity index (χ0n) is 19.2. The molecule has 0 heterocycles. The molecule has 1 atom stereocenters. The number of carbonyl (C=O) groups excluding carboxylic acids is 1. The summed E-state index contributed by atoms with van der Waals surface area (Å²) < 4.78 is 5.01. The molecule has 0 amide bonds. The second-order valence-electron chi connectivity index (χ2n) is 8.04. The Morgan fingerprint density at radius 3 is 1.77 bits per heavy atom. The van der Waals surface area contributed by atoms with Crippen LogP contribution in [0, 0.1) is 11.3 Å². The van der Waals surface area contributed by atoms with Gasteiger partial charge in [0.1, 0.15) is 11.2 Å². The standard InChI is InChI=1S/C23H38O8/c1-5-7-13-23(22(29)30,14-8-6-2)19(21(27)28)18(20(25)26)11-9-10-17(16(3)24)12-15-31-4/h17H,5-15H2,1-4H3,(H,25,26)(H,27,28)(H,29,30). The maximum Gasteiger partial charge on any atom is 0.333 e. The number of carboxylic acid groups (broad SMARTS) is 3. The van der Waals surface area contributed by atoms with Gasteiger partial charge >= 0.3 is 17.9 Å². The smallest absolute Gasteiger partial charge is 0.333 e. The van der Waals surface area contributed by atoms with Crippen molar-refractivity contribution in [3.63, 3.8) is 0 Å². The molecule has 0 saturated heterocycles. The average Bonchev–Trinajstić information content (AvgIpc) is 2.69. The molecule has 3 N–H and O–H groups in total. The predicted octanol–water partition coefficient (Wildman–Crippen LogP) is 4.32. The maximum atomic E-state index is 12.3. The summed E-state index contributed by atoms with van der Waals surface area (Å²) in [5, 5.41) is 29.8. The molecule has 0 bridgehead atoms. The van der Waals surface area contributed by atoms with Gasteiger partial charge in [0.15, 0.2) is 0 Å². The number of unbranched alkanes of at least 4 members (excludes halogenated alkanes) is 2. The van der Waals surface area contributed by atoms with Gasteiger partial charge in [0, 0.05) is 25.2 Å². The molecule has 0 rings (SSSR count). The number of ether oxygens (including phenoxy) is 1. The normalized spacial score (nSPS) is 13.4. The molecular formula is C23H38O8. The van der Waals surface area contributed by atoms with Gasteiger partial charge in [-0.3, -0.25) is 9.59 Å². The number of ketones is 1. The molecule has 178 valence electrons. The molecule has 0 radical (unpaired) electrons. The van der Waals surface area contributed by atoms with Crippen molar-refractivity contribution in [1.82, 2.24) is 0 Å². The number of aliphatic carboxylic acids is 3. The van der Waals surface area contributed by atoms with Gasteiger partial charge in [-0.25, -0.2) is 9.59 Å². The van der Waals surface area contributed by atoms with E-state index in [4.69, 9.17) is 4.74 Å². The number of methoxy groups -OCH3 is 1. The number of hydrogen-bond donors (Lipinski definition) is 3. The molecule has 0 aliphatic carbocycles. The van der Waals surface area contributed by atoms with Crippen LogP contribution in [0.25, 0.3) is 0 Å². The van der Waals surface area contributed by atoms with Gasteiger partial charge in [-0.2, -0.15) is 0 Å². The van der Waals surface area contributed by atoms with Crippen LogP contribution in [-0.2, 0) is 23.9 Å². The van der Waals surface area contributed by atoms with Crippen LogP contribution in [0.15, 0.2) is 11.1 Å². The van der Waals surface area contributed by atoms with Crippen LogP contribution in [0.4, 0.5) is 0 Å². The van der Waals surface area contributed by atoms with Gasteiger partial charge in [-0.15, -0.1) is 0 Å². The number of Topliss-reactive ketones (excluding diaryl/α,β-unsaturated/α-hetero) is 1. The minimum Gasteiger partial charge on any atom is -0.481 e. The van der Waals surface area contributed by atoms with Crippen molar-refractivity contribution in [2.75, 3.05) is 13.7 Å². The number of carboxylic acids is 3. The summed E-state index contributed by atoms with van der Waals surface area (Å²) in [5.41, 5.74) is -2.65. The Kier molecular flexibility index (Phi) is 13.7. The minimum atomic E-state index is -1.75. The topological polar surface area (TPSA) is 138 Å². The lowest BCUT2D eigenvalue weighted by atomic mass is 9.70. The molecule has 0 aliphatic heterocycles. The maximum absolute atomic E-state index is 12.3. The highest BCUT2D eigenvalue weighted by Crippen LogP contribution is 2.42. The monoisotopic (exact) mass is 442 g/mol. The number of hydrogen-bond acceptors (Lipinski definition) is 5. The van der Waals surface area contributed by atoms with E-state index < -0.39 is 28.9 Å². The van der Waals surface area contributed by atoms with Gasteiger partial charge in [0.05, 0.1) is 5.57 Å². The lowest BCUT2D eigenvalue weighted by Gasteiger charge is -2.31. The van der Waals surface area contributed by atoms with Crippen molar-refractivity contribution in [3.05, 3.63) is 11.1 Å². The third kappa shape index (κ3) is 8.81. The van der Waals surface area contributed by atoms with Crippen molar-refractivity contribution < 1.29 is 39.2 Å². The second-order valence-corrected chi connectivity index (χ2v) is 8.04. The van der Waals surface area contributed by atoms with Gasteiger partial charge in [-0.1, -0.05) is 39.5 Å². The predicted molar refractivity (Wildman–Crippen MR) is 116 cm³/mol. The SMILES string of the molecule is CCCCC(CCCC)(C(=O)O)C(C(=O)O)=C(CCCC(CCOC)C(C)=O)C(=O)O. The quantitative estimate of drug-likeness (QED) is 0.267. The van der Waals surface area contributed by atoms with Gasteiger partial charge in [-0.05, 0) is 45.4 Å². The van der Waals surface area contributed by atoms with E-state index in [-0.39, 0.29) is 43.0 Å². The summed E-state index contributed by atoms with van der Waals surface area (Å²) in [7, 11) is 1.53. The van der Waals surface area contributed by atoms with Gasteiger partial charge < -0.3 is 20.1 Å². The first-order valence-electron chi connectivity index (χ1n) is 11.0. The van der Waals surface area contributed by atoms with Crippen LogP contribution in [0.5, 0.6) is 0 Å². The lowest BCUT2D eigenvalue weighted by molar-refractivity contribution is -0.151. The van der Waals surface area contributed by atoms with E-state index in [0.717, 1.165) is 0 Å². The average molecular weight is 443 g/mol. The molecular weight excluding hydrogens is 404 g/mol. The lowest BCUT2D eigenvalue weighted by Crippen LogP contribution is -2.38. The second kappa shape index (κ2) is 14.7. The summed E-state index contributed by atoms with van der Waals surface area (Å²) in [6.07, 6.45) is 3.45. The van der Waals surface area contributed by atoms with E-state index in [2.05, 4.69) is 0 Å². The summed E-state index contributed by atoms with van der Waals surface area (Å²) >= 11 is 0. The molecule has 8 nitrogen and oxygen atoms in total. The molecule has 31 heavy (non-hydrogen) atoms. The Morgan fingerprint density at radius 1 is 0.871 bits per heavy atom. The van der Waals surface area contributed by atoms with E-state index in [9.17, 15) is 34.5 Å². The Morgan fingerprint density at radius 2 is 1.42 bits per heavy atom. The highest BCUT2D eigenvalue weighted by atomic mass is 16.5. The van der Waals surface area contributed by atoms with E-state index >= 15 is 0 Å². The number of rotatable bonds is 18. The third-order valence-corrected chi connectivity index (χ3v) is 5.80. The van der Waals surface area contributed by atoms with Crippen LogP contribution in [0.1, 0.15) is 85.0 Å².